The third-order valence-corrected chi connectivity index (χ3v) is 4.79. The number of hydrogen-bond donors (Lipinski definition) is 2. The van der Waals surface area contributed by atoms with E-state index in [-0.39, 0.29) is 17.8 Å². The van der Waals surface area contributed by atoms with Crippen molar-refractivity contribution in [2.75, 3.05) is 6.54 Å². The highest BCUT2D eigenvalue weighted by molar-refractivity contribution is 6.31. The van der Waals surface area contributed by atoms with Crippen LogP contribution in [0.5, 0.6) is 0 Å². The van der Waals surface area contributed by atoms with E-state index in [1.807, 2.05) is 0 Å². The highest BCUT2D eigenvalue weighted by atomic mass is 35.5. The lowest BCUT2D eigenvalue weighted by atomic mass is 9.74. The highest BCUT2D eigenvalue weighted by Gasteiger charge is 2.41. The molecule has 1 aliphatic rings. The van der Waals surface area contributed by atoms with Crippen LogP contribution in [-0.4, -0.2) is 17.8 Å². The van der Waals surface area contributed by atoms with Crippen molar-refractivity contribution in [2.45, 2.75) is 44.6 Å². The van der Waals surface area contributed by atoms with Crippen LogP contribution in [0.15, 0.2) is 18.2 Å². The molecule has 2 nitrogen and oxygen atoms in total. The van der Waals surface area contributed by atoms with Gasteiger partial charge in [-0.1, -0.05) is 37.4 Å². The van der Waals surface area contributed by atoms with E-state index in [1.54, 1.807) is 12.1 Å². The predicted octanol–water partition coefficient (Wildman–Crippen LogP) is 3.46. The minimum Gasteiger partial charge on any atom is -0.392 e. The number of aliphatic hydroxyl groups excluding tert-OH is 1. The van der Waals surface area contributed by atoms with Crippen molar-refractivity contribution in [2.24, 2.45) is 11.1 Å². The molecule has 0 bridgehead atoms. The first kappa shape index (κ1) is 14.8. The maximum absolute atomic E-state index is 14.0. The molecule has 0 heterocycles. The lowest BCUT2D eigenvalue weighted by molar-refractivity contribution is 0.0205. The van der Waals surface area contributed by atoms with E-state index in [4.69, 9.17) is 17.3 Å². The van der Waals surface area contributed by atoms with E-state index in [0.717, 1.165) is 25.7 Å². The molecule has 2 unspecified atom stereocenters. The molecule has 1 aliphatic carbocycles. The molecule has 1 saturated carbocycles. The van der Waals surface area contributed by atoms with Gasteiger partial charge in [-0.2, -0.15) is 0 Å². The van der Waals surface area contributed by atoms with Gasteiger partial charge in [-0.15, -0.1) is 0 Å². The highest BCUT2D eigenvalue weighted by Crippen LogP contribution is 2.45. The minimum atomic E-state index is -0.658. The first-order valence-electron chi connectivity index (χ1n) is 6.81. The first-order valence-corrected chi connectivity index (χ1v) is 7.19. The van der Waals surface area contributed by atoms with E-state index in [1.165, 1.54) is 6.07 Å². The topological polar surface area (TPSA) is 46.2 Å². The van der Waals surface area contributed by atoms with Gasteiger partial charge in [-0.3, -0.25) is 0 Å². The van der Waals surface area contributed by atoms with Gasteiger partial charge in [0.05, 0.1) is 6.10 Å². The molecule has 3 N–H and O–H groups in total. The largest absolute Gasteiger partial charge is 0.392 e. The number of halogens is 2. The number of aliphatic hydroxyl groups is 1. The molecule has 2 rings (SSSR count). The summed E-state index contributed by atoms with van der Waals surface area (Å²) in [5, 5.41) is 11.0. The van der Waals surface area contributed by atoms with Crippen LogP contribution in [0.2, 0.25) is 5.02 Å². The summed E-state index contributed by atoms with van der Waals surface area (Å²) in [6.45, 7) is 2.25. The zero-order valence-corrected chi connectivity index (χ0v) is 12.0. The van der Waals surface area contributed by atoms with Gasteiger partial charge in [0, 0.05) is 23.0 Å². The summed E-state index contributed by atoms with van der Waals surface area (Å²) in [5.74, 6) is -0.833. The van der Waals surface area contributed by atoms with E-state index in [9.17, 15) is 9.50 Å². The fourth-order valence-electron chi connectivity index (χ4n) is 3.23. The molecule has 4 heteroatoms. The first-order chi connectivity index (χ1) is 8.99. The Kier molecular flexibility index (Phi) is 4.49. The SMILES string of the molecule is CC1(C(O)C(CN)c2c(F)cccc2Cl)CCCC1. The lowest BCUT2D eigenvalue weighted by Crippen LogP contribution is -2.38. The predicted molar refractivity (Wildman–Crippen MR) is 75.8 cm³/mol. The van der Waals surface area contributed by atoms with Gasteiger partial charge in [0.25, 0.3) is 0 Å². The molecular formula is C15H21ClFNO. The van der Waals surface area contributed by atoms with E-state index in [0.29, 0.717) is 10.6 Å². The van der Waals surface area contributed by atoms with Gasteiger partial charge in [0.2, 0.25) is 0 Å². The Balaban J connectivity index is 2.34. The second kappa shape index (κ2) is 5.78. The van der Waals surface area contributed by atoms with E-state index >= 15 is 0 Å². The number of benzene rings is 1. The number of rotatable bonds is 4. The van der Waals surface area contributed by atoms with Crippen LogP contribution < -0.4 is 5.73 Å². The molecule has 0 saturated heterocycles. The summed E-state index contributed by atoms with van der Waals surface area (Å²) in [4.78, 5) is 0. The Bertz CT molecular complexity index is 426. The van der Waals surface area contributed by atoms with Crippen LogP contribution in [0, 0.1) is 11.2 Å². The summed E-state index contributed by atoms with van der Waals surface area (Å²) in [6, 6.07) is 4.58. The summed E-state index contributed by atoms with van der Waals surface area (Å²) >= 11 is 6.09. The van der Waals surface area contributed by atoms with Crippen LogP contribution in [0.25, 0.3) is 0 Å². The summed E-state index contributed by atoms with van der Waals surface area (Å²) in [7, 11) is 0. The Morgan fingerprint density at radius 3 is 2.58 bits per heavy atom. The van der Waals surface area contributed by atoms with Crippen molar-refractivity contribution >= 4 is 11.6 Å². The van der Waals surface area contributed by atoms with E-state index in [2.05, 4.69) is 6.92 Å². The van der Waals surface area contributed by atoms with Gasteiger partial charge in [-0.25, -0.2) is 4.39 Å². The normalized spacial score (nSPS) is 21.3. The zero-order valence-electron chi connectivity index (χ0n) is 11.2. The smallest absolute Gasteiger partial charge is 0.128 e. The van der Waals surface area contributed by atoms with Crippen molar-refractivity contribution in [3.8, 4) is 0 Å². The van der Waals surface area contributed by atoms with Crippen LogP contribution in [0.3, 0.4) is 0 Å². The fraction of sp³-hybridized carbons (Fsp3) is 0.600. The maximum atomic E-state index is 14.0. The fourth-order valence-corrected chi connectivity index (χ4v) is 3.54. The van der Waals surface area contributed by atoms with Crippen molar-refractivity contribution in [1.29, 1.82) is 0 Å². The van der Waals surface area contributed by atoms with Crippen LogP contribution >= 0.6 is 11.6 Å². The Morgan fingerprint density at radius 1 is 1.42 bits per heavy atom. The second-order valence-corrected chi connectivity index (χ2v) is 6.19. The third kappa shape index (κ3) is 2.78. The summed E-state index contributed by atoms with van der Waals surface area (Å²) in [5.41, 5.74) is 5.95. The molecule has 1 aromatic rings. The monoisotopic (exact) mass is 285 g/mol. The maximum Gasteiger partial charge on any atom is 0.128 e. The van der Waals surface area contributed by atoms with Gasteiger partial charge < -0.3 is 10.8 Å². The van der Waals surface area contributed by atoms with Gasteiger partial charge in [0.15, 0.2) is 0 Å². The molecule has 2 atom stereocenters. The quantitative estimate of drug-likeness (QED) is 0.890. The number of hydrogen-bond acceptors (Lipinski definition) is 2. The average molecular weight is 286 g/mol. The standard InChI is InChI=1S/C15H21ClFNO/c1-15(7-2-3-8-15)14(19)10(9-18)13-11(16)5-4-6-12(13)17/h4-6,10,14,19H,2-3,7-9,18H2,1H3. The molecule has 0 radical (unpaired) electrons. The van der Waals surface area contributed by atoms with Gasteiger partial charge >= 0.3 is 0 Å². The van der Waals surface area contributed by atoms with Crippen LogP contribution in [0.1, 0.15) is 44.1 Å². The molecule has 19 heavy (non-hydrogen) atoms. The third-order valence-electron chi connectivity index (χ3n) is 4.47. The van der Waals surface area contributed by atoms with Crippen molar-refractivity contribution in [3.63, 3.8) is 0 Å². The summed E-state index contributed by atoms with van der Waals surface area (Å²) in [6.07, 6.45) is 3.47. The Hall–Kier alpha value is -0.640. The molecule has 1 aromatic carbocycles. The second-order valence-electron chi connectivity index (χ2n) is 5.78. The van der Waals surface area contributed by atoms with Gasteiger partial charge in [-0.05, 0) is 30.4 Å². The lowest BCUT2D eigenvalue weighted by Gasteiger charge is -2.36. The van der Waals surface area contributed by atoms with Crippen molar-refractivity contribution in [3.05, 3.63) is 34.6 Å². The minimum absolute atomic E-state index is 0.185. The molecule has 0 spiro atoms. The number of nitrogens with two attached hydrogens (primary N) is 1. The summed E-state index contributed by atoms with van der Waals surface area (Å²) < 4.78 is 14.0. The van der Waals surface area contributed by atoms with Crippen LogP contribution in [-0.2, 0) is 0 Å². The van der Waals surface area contributed by atoms with E-state index < -0.39 is 12.0 Å². The molecule has 1 fully saturated rings. The zero-order chi connectivity index (χ0) is 14.0. The van der Waals surface area contributed by atoms with Crippen molar-refractivity contribution in [1.82, 2.24) is 0 Å². The molecular weight excluding hydrogens is 265 g/mol. The molecule has 0 aromatic heterocycles. The molecule has 0 aliphatic heterocycles. The Morgan fingerprint density at radius 2 is 2.05 bits per heavy atom. The van der Waals surface area contributed by atoms with Crippen LogP contribution in [0.4, 0.5) is 4.39 Å². The molecule has 0 amide bonds. The van der Waals surface area contributed by atoms with Gasteiger partial charge in [0.1, 0.15) is 5.82 Å². The molecule has 106 valence electrons. The van der Waals surface area contributed by atoms with Crippen molar-refractivity contribution < 1.29 is 9.50 Å². The average Bonchev–Trinajstić information content (AvgIpc) is 2.81. The Labute approximate surface area is 118 Å².